The van der Waals surface area contributed by atoms with Crippen LogP contribution in [0.3, 0.4) is 0 Å². The molecule has 1 aliphatic rings. The Morgan fingerprint density at radius 1 is 1.06 bits per heavy atom. The molecule has 1 unspecified atom stereocenters. The summed E-state index contributed by atoms with van der Waals surface area (Å²) < 4.78 is 24.1. The molecule has 4 rings (SSSR count). The van der Waals surface area contributed by atoms with Crippen LogP contribution in [0, 0.1) is 5.82 Å². The third-order valence-electron chi connectivity index (χ3n) is 5.26. The van der Waals surface area contributed by atoms with Gasteiger partial charge in [0.15, 0.2) is 0 Å². The molecule has 1 atom stereocenters. The molecule has 0 saturated heterocycles. The van der Waals surface area contributed by atoms with Crippen molar-refractivity contribution >= 4 is 23.4 Å². The molecule has 0 fully saturated rings. The summed E-state index contributed by atoms with van der Waals surface area (Å²) in [7, 11) is 1.53. The van der Waals surface area contributed by atoms with Crippen LogP contribution in [0.15, 0.2) is 72.8 Å². The van der Waals surface area contributed by atoms with Crippen molar-refractivity contribution in [1.82, 2.24) is 5.32 Å². The van der Waals surface area contributed by atoms with E-state index in [-0.39, 0.29) is 12.5 Å². The van der Waals surface area contributed by atoms with Crippen LogP contribution in [0.2, 0.25) is 0 Å². The number of ether oxygens (including phenoxy) is 2. The first kappa shape index (κ1) is 20.4. The van der Waals surface area contributed by atoms with Gasteiger partial charge in [0, 0.05) is 17.3 Å². The summed E-state index contributed by atoms with van der Waals surface area (Å²) in [5, 5.41) is 2.71. The minimum atomic E-state index is -1.37. The number of carbonyl (C=O) groups excluding carboxylic acids is 2. The van der Waals surface area contributed by atoms with Gasteiger partial charge in [0.25, 0.3) is 5.91 Å². The lowest BCUT2D eigenvalue weighted by atomic mass is 9.94. The van der Waals surface area contributed by atoms with E-state index in [4.69, 9.17) is 9.47 Å². The first-order valence-electron chi connectivity index (χ1n) is 9.70. The average molecular weight is 420 g/mol. The summed E-state index contributed by atoms with van der Waals surface area (Å²) in [5.74, 6) is -0.250. The van der Waals surface area contributed by atoms with Crippen LogP contribution in [0.25, 0.3) is 0 Å². The number of halogens is 1. The highest BCUT2D eigenvalue weighted by atomic mass is 19.1. The highest BCUT2D eigenvalue weighted by Crippen LogP contribution is 2.45. The number of carbonyl (C=O) groups is 2. The van der Waals surface area contributed by atoms with E-state index in [9.17, 15) is 14.0 Å². The van der Waals surface area contributed by atoms with Crippen LogP contribution in [-0.2, 0) is 21.7 Å². The molecule has 1 heterocycles. The number of hydrogen-bond acceptors (Lipinski definition) is 4. The Morgan fingerprint density at radius 2 is 1.77 bits per heavy atom. The van der Waals surface area contributed by atoms with Crippen molar-refractivity contribution in [3.05, 3.63) is 89.7 Å². The maximum Gasteiger partial charge on any atom is 0.408 e. The van der Waals surface area contributed by atoms with Crippen LogP contribution in [0.5, 0.6) is 5.75 Å². The van der Waals surface area contributed by atoms with E-state index in [1.807, 2.05) is 30.3 Å². The van der Waals surface area contributed by atoms with Gasteiger partial charge in [-0.2, -0.15) is 0 Å². The molecule has 0 saturated carbocycles. The van der Waals surface area contributed by atoms with Crippen LogP contribution < -0.4 is 15.0 Å². The number of rotatable bonds is 5. The summed E-state index contributed by atoms with van der Waals surface area (Å²) >= 11 is 0. The lowest BCUT2D eigenvalue weighted by Crippen LogP contribution is -2.50. The predicted octanol–water partition coefficient (Wildman–Crippen LogP) is 4.65. The second-order valence-electron chi connectivity index (χ2n) is 7.31. The number of methoxy groups -OCH3 is 1. The molecule has 2 amide bonds. The fourth-order valence-corrected chi connectivity index (χ4v) is 3.63. The SMILES string of the molecule is COc1ccc2c(c1)N(c1ccc(F)cc1)C(=O)C2(C)NC(=O)OCc1ccccc1. The van der Waals surface area contributed by atoms with E-state index in [0.29, 0.717) is 22.7 Å². The van der Waals surface area contributed by atoms with Gasteiger partial charge >= 0.3 is 6.09 Å². The number of benzene rings is 3. The largest absolute Gasteiger partial charge is 0.497 e. The summed E-state index contributed by atoms with van der Waals surface area (Å²) in [6, 6.07) is 20.0. The van der Waals surface area contributed by atoms with Crippen molar-refractivity contribution in [2.45, 2.75) is 19.1 Å². The van der Waals surface area contributed by atoms with Crippen molar-refractivity contribution in [3.63, 3.8) is 0 Å². The van der Waals surface area contributed by atoms with Crippen LogP contribution in [0.4, 0.5) is 20.6 Å². The van der Waals surface area contributed by atoms with E-state index in [1.165, 1.54) is 36.3 Å². The molecule has 1 N–H and O–H groups in total. The van der Waals surface area contributed by atoms with E-state index in [0.717, 1.165) is 5.56 Å². The molecule has 7 heteroatoms. The van der Waals surface area contributed by atoms with E-state index in [1.54, 1.807) is 25.1 Å². The Bertz CT molecular complexity index is 1120. The number of anilines is 2. The van der Waals surface area contributed by atoms with Gasteiger partial charge in [-0.3, -0.25) is 9.69 Å². The maximum absolute atomic E-state index is 13.5. The monoisotopic (exact) mass is 420 g/mol. The van der Waals surface area contributed by atoms with Gasteiger partial charge in [0.1, 0.15) is 23.7 Å². The standard InChI is InChI=1S/C24H21FN2O4/c1-24(26-23(29)31-15-16-6-4-3-5-7-16)20-13-12-19(30-2)14-21(20)27(22(24)28)18-10-8-17(25)9-11-18/h3-14H,15H2,1-2H3,(H,26,29). The van der Waals surface area contributed by atoms with Crippen LogP contribution in [-0.4, -0.2) is 19.1 Å². The van der Waals surface area contributed by atoms with E-state index >= 15 is 0 Å². The van der Waals surface area contributed by atoms with Crippen molar-refractivity contribution in [2.24, 2.45) is 0 Å². The van der Waals surface area contributed by atoms with E-state index in [2.05, 4.69) is 5.32 Å². The van der Waals surface area contributed by atoms with E-state index < -0.39 is 17.4 Å². The molecule has 0 bridgehead atoms. The number of nitrogens with zero attached hydrogens (tertiary/aromatic N) is 1. The lowest BCUT2D eigenvalue weighted by Gasteiger charge is -2.25. The predicted molar refractivity (Wildman–Crippen MR) is 114 cm³/mol. The zero-order valence-corrected chi connectivity index (χ0v) is 17.1. The molecular weight excluding hydrogens is 399 g/mol. The Kier molecular flexibility index (Phi) is 5.33. The molecule has 6 nitrogen and oxygen atoms in total. The third-order valence-corrected chi connectivity index (χ3v) is 5.26. The Balaban J connectivity index is 1.65. The molecule has 0 radical (unpaired) electrons. The Morgan fingerprint density at radius 3 is 2.45 bits per heavy atom. The molecule has 158 valence electrons. The highest BCUT2D eigenvalue weighted by molar-refractivity contribution is 6.13. The number of nitrogens with one attached hydrogen (secondary N) is 1. The first-order chi connectivity index (χ1) is 14.9. The number of fused-ring (bicyclic) bond motifs is 1. The van der Waals surface area contributed by atoms with Gasteiger partial charge in [-0.1, -0.05) is 36.4 Å². The lowest BCUT2D eigenvalue weighted by molar-refractivity contribution is -0.122. The fourth-order valence-electron chi connectivity index (χ4n) is 3.63. The highest BCUT2D eigenvalue weighted by Gasteiger charge is 2.49. The van der Waals surface area contributed by atoms with Crippen LogP contribution in [0.1, 0.15) is 18.1 Å². The molecule has 0 aromatic heterocycles. The third kappa shape index (κ3) is 3.82. The fraction of sp³-hybridized carbons (Fsp3) is 0.167. The molecule has 0 spiro atoms. The summed E-state index contributed by atoms with van der Waals surface area (Å²) in [4.78, 5) is 27.5. The van der Waals surface area contributed by atoms with Gasteiger partial charge < -0.3 is 14.8 Å². The molecule has 3 aromatic rings. The topological polar surface area (TPSA) is 67.9 Å². The van der Waals surface area contributed by atoms with Crippen molar-refractivity contribution in [3.8, 4) is 5.75 Å². The van der Waals surface area contributed by atoms with Gasteiger partial charge in [0.2, 0.25) is 0 Å². The Hall–Kier alpha value is -3.87. The quantitative estimate of drug-likeness (QED) is 0.652. The minimum Gasteiger partial charge on any atom is -0.497 e. The zero-order chi connectivity index (χ0) is 22.0. The number of hydrogen-bond donors (Lipinski definition) is 1. The number of amides is 2. The summed E-state index contributed by atoms with van der Waals surface area (Å²) in [6.45, 7) is 1.70. The number of alkyl carbamates (subject to hydrolysis) is 1. The smallest absolute Gasteiger partial charge is 0.408 e. The molecular formula is C24H21FN2O4. The van der Waals surface area contributed by atoms with Gasteiger partial charge in [-0.25, -0.2) is 9.18 Å². The molecule has 31 heavy (non-hydrogen) atoms. The normalized spacial score (nSPS) is 17.3. The van der Waals surface area contributed by atoms with Crippen LogP contribution >= 0.6 is 0 Å². The minimum absolute atomic E-state index is 0.0775. The average Bonchev–Trinajstić information content (AvgIpc) is 3.00. The summed E-state index contributed by atoms with van der Waals surface area (Å²) in [5.41, 5.74) is 1.06. The zero-order valence-electron chi connectivity index (χ0n) is 17.1. The summed E-state index contributed by atoms with van der Waals surface area (Å²) in [6.07, 6.45) is -0.720. The molecule has 3 aromatic carbocycles. The first-order valence-corrected chi connectivity index (χ1v) is 9.70. The molecule has 1 aliphatic heterocycles. The second kappa shape index (κ2) is 8.10. The molecule has 0 aliphatic carbocycles. The van der Waals surface area contributed by atoms with Gasteiger partial charge in [0.05, 0.1) is 12.8 Å². The Labute approximate surface area is 179 Å². The van der Waals surface area contributed by atoms with Crippen molar-refractivity contribution in [1.29, 1.82) is 0 Å². The van der Waals surface area contributed by atoms with Gasteiger partial charge in [-0.15, -0.1) is 0 Å². The van der Waals surface area contributed by atoms with Crippen molar-refractivity contribution < 1.29 is 23.5 Å². The van der Waals surface area contributed by atoms with Crippen molar-refractivity contribution in [2.75, 3.05) is 12.0 Å². The second-order valence-corrected chi connectivity index (χ2v) is 7.31. The maximum atomic E-state index is 13.5. The van der Waals surface area contributed by atoms with Gasteiger partial charge in [-0.05, 0) is 42.8 Å².